The molecule has 0 spiro atoms. The zero-order valence-electron chi connectivity index (χ0n) is 19.5. The minimum Gasteiger partial charge on any atom is -0.308 e. The highest BCUT2D eigenvalue weighted by Crippen LogP contribution is 2.50. The fourth-order valence-corrected chi connectivity index (χ4v) is 6.49. The first kappa shape index (κ1) is 23.9. The fraction of sp³-hybridized carbons (Fsp3) is 0.138. The van der Waals surface area contributed by atoms with Crippen molar-refractivity contribution in [3.63, 3.8) is 0 Å². The number of aliphatic imine (C=N–C) groups is 1. The minimum atomic E-state index is -0.0875. The highest BCUT2D eigenvalue weighted by atomic mass is 35.5. The molecule has 0 fully saturated rings. The van der Waals surface area contributed by atoms with E-state index in [9.17, 15) is 0 Å². The molecule has 3 aliphatic heterocycles. The first-order valence-corrected chi connectivity index (χ1v) is 13.6. The molecule has 6 rings (SSSR count). The Labute approximate surface area is 230 Å². The molecule has 3 aliphatic rings. The van der Waals surface area contributed by atoms with E-state index in [4.69, 9.17) is 39.8 Å². The molecule has 180 valence electrons. The Balaban J connectivity index is 1.54. The maximum absolute atomic E-state index is 6.84. The van der Waals surface area contributed by atoms with Gasteiger partial charge in [-0.2, -0.15) is 0 Å². The SMILES string of the molecule is CN1CC2=C(N=C3SC=C(c4ccc(Cl)cc4)N3[C@H]2c2ccccc2Cl)/C(=C/c2ccccc2Cl)C1. The first-order valence-electron chi connectivity index (χ1n) is 11.6. The van der Waals surface area contributed by atoms with Crippen molar-refractivity contribution in [2.24, 2.45) is 4.99 Å². The minimum absolute atomic E-state index is 0.0875. The predicted octanol–water partition coefficient (Wildman–Crippen LogP) is 8.39. The van der Waals surface area contributed by atoms with Crippen molar-refractivity contribution in [1.82, 2.24) is 9.80 Å². The van der Waals surface area contributed by atoms with Crippen molar-refractivity contribution in [3.8, 4) is 0 Å². The average molecular weight is 551 g/mol. The van der Waals surface area contributed by atoms with E-state index in [1.807, 2.05) is 48.5 Å². The Morgan fingerprint density at radius 1 is 0.889 bits per heavy atom. The van der Waals surface area contributed by atoms with Crippen LogP contribution in [0, 0.1) is 0 Å². The zero-order chi connectivity index (χ0) is 24.8. The highest BCUT2D eigenvalue weighted by Gasteiger charge is 2.41. The maximum Gasteiger partial charge on any atom is 0.174 e. The second-order valence-electron chi connectivity index (χ2n) is 9.05. The third-order valence-corrected chi connectivity index (χ3v) is 8.38. The summed E-state index contributed by atoms with van der Waals surface area (Å²) in [6.07, 6.45) is 2.17. The van der Waals surface area contributed by atoms with Crippen LogP contribution in [0.1, 0.15) is 22.7 Å². The van der Waals surface area contributed by atoms with Crippen LogP contribution in [0.4, 0.5) is 0 Å². The lowest BCUT2D eigenvalue weighted by molar-refractivity contribution is 0.344. The maximum atomic E-state index is 6.84. The molecule has 3 aromatic carbocycles. The number of amidine groups is 1. The van der Waals surface area contributed by atoms with Gasteiger partial charge in [0, 0.05) is 33.6 Å². The van der Waals surface area contributed by atoms with Crippen LogP contribution in [0.25, 0.3) is 11.8 Å². The van der Waals surface area contributed by atoms with Gasteiger partial charge < -0.3 is 4.90 Å². The van der Waals surface area contributed by atoms with Crippen LogP contribution in [0.5, 0.6) is 0 Å². The lowest BCUT2D eigenvalue weighted by Gasteiger charge is -2.42. The number of rotatable bonds is 3. The number of benzene rings is 3. The van der Waals surface area contributed by atoms with Crippen LogP contribution in [-0.2, 0) is 0 Å². The summed E-state index contributed by atoms with van der Waals surface area (Å²) in [7, 11) is 2.14. The number of hydrogen-bond donors (Lipinski definition) is 0. The van der Waals surface area contributed by atoms with Gasteiger partial charge in [0.25, 0.3) is 0 Å². The van der Waals surface area contributed by atoms with Crippen LogP contribution >= 0.6 is 46.6 Å². The highest BCUT2D eigenvalue weighted by molar-refractivity contribution is 8.16. The summed E-state index contributed by atoms with van der Waals surface area (Å²) in [6, 6.07) is 23.9. The Kier molecular flexibility index (Phi) is 6.49. The van der Waals surface area contributed by atoms with Crippen molar-refractivity contribution in [2.45, 2.75) is 6.04 Å². The Morgan fingerprint density at radius 3 is 2.36 bits per heavy atom. The summed E-state index contributed by atoms with van der Waals surface area (Å²) in [5, 5.41) is 5.31. The number of hydrogen-bond acceptors (Lipinski definition) is 4. The van der Waals surface area contributed by atoms with Crippen LogP contribution in [0.2, 0.25) is 15.1 Å². The molecule has 0 bridgehead atoms. The topological polar surface area (TPSA) is 18.8 Å². The third kappa shape index (κ3) is 4.31. The summed E-state index contributed by atoms with van der Waals surface area (Å²) in [5.41, 5.74) is 7.65. The molecule has 0 aromatic heterocycles. The molecule has 0 unspecified atom stereocenters. The molecule has 0 aliphatic carbocycles. The lowest BCUT2D eigenvalue weighted by atomic mass is 9.88. The molecule has 1 atom stereocenters. The normalized spacial score (nSPS) is 20.8. The molecule has 0 saturated heterocycles. The smallest absolute Gasteiger partial charge is 0.174 e. The van der Waals surface area contributed by atoms with Gasteiger partial charge in [-0.15, -0.1) is 0 Å². The molecule has 0 radical (unpaired) electrons. The predicted molar refractivity (Wildman–Crippen MR) is 154 cm³/mol. The molecule has 36 heavy (non-hydrogen) atoms. The number of halogens is 3. The molecular formula is C29H22Cl3N3S. The standard InChI is InChI=1S/C29H22Cl3N3S/c1-34-15-20(14-19-6-2-4-8-24(19)31)27-23(16-34)28(22-7-3-5-9-25(22)32)35-26(17-36-29(35)33-27)18-10-12-21(30)13-11-18/h2-14,17,28H,15-16H2,1H3/b20-14+/t28-/m0/s1. The van der Waals surface area contributed by atoms with E-state index in [1.165, 1.54) is 5.57 Å². The Morgan fingerprint density at radius 2 is 1.61 bits per heavy atom. The Bertz CT molecular complexity index is 1470. The molecule has 3 heterocycles. The van der Waals surface area contributed by atoms with Gasteiger partial charge in [-0.1, -0.05) is 95.1 Å². The van der Waals surface area contributed by atoms with Gasteiger partial charge in [0.05, 0.1) is 17.4 Å². The summed E-state index contributed by atoms with van der Waals surface area (Å²) < 4.78 is 0. The summed E-state index contributed by atoms with van der Waals surface area (Å²) in [4.78, 5) is 9.87. The zero-order valence-corrected chi connectivity index (χ0v) is 22.5. The molecular weight excluding hydrogens is 529 g/mol. The number of thioether (sulfide) groups is 1. The summed E-state index contributed by atoms with van der Waals surface area (Å²) in [6.45, 7) is 1.58. The number of fused-ring (bicyclic) bond motifs is 1. The van der Waals surface area contributed by atoms with E-state index in [2.05, 4.69) is 52.6 Å². The monoisotopic (exact) mass is 549 g/mol. The quantitative estimate of drug-likeness (QED) is 0.326. The van der Waals surface area contributed by atoms with Crippen molar-refractivity contribution in [3.05, 3.63) is 127 Å². The molecule has 7 heteroatoms. The van der Waals surface area contributed by atoms with Gasteiger partial charge in [-0.05, 0) is 65.2 Å². The van der Waals surface area contributed by atoms with E-state index in [-0.39, 0.29) is 6.04 Å². The largest absolute Gasteiger partial charge is 0.308 e. The average Bonchev–Trinajstić information content (AvgIpc) is 3.29. The number of likely N-dealkylation sites (N-methyl/N-ethyl adjacent to an activating group) is 1. The fourth-order valence-electron chi connectivity index (χ4n) is 5.00. The van der Waals surface area contributed by atoms with Crippen LogP contribution < -0.4 is 0 Å². The van der Waals surface area contributed by atoms with E-state index in [0.29, 0.717) is 5.02 Å². The molecule has 0 N–H and O–H groups in total. The van der Waals surface area contributed by atoms with E-state index < -0.39 is 0 Å². The summed E-state index contributed by atoms with van der Waals surface area (Å²) in [5.74, 6) is 0. The van der Waals surface area contributed by atoms with Gasteiger partial charge >= 0.3 is 0 Å². The van der Waals surface area contributed by atoms with Crippen LogP contribution in [-0.4, -0.2) is 35.1 Å². The van der Waals surface area contributed by atoms with Crippen molar-refractivity contribution in [2.75, 3.05) is 20.1 Å². The van der Waals surface area contributed by atoms with Gasteiger partial charge in [-0.25, -0.2) is 4.99 Å². The second-order valence-corrected chi connectivity index (χ2v) is 11.1. The lowest BCUT2D eigenvalue weighted by Crippen LogP contribution is -2.40. The Hall–Kier alpha value is -2.47. The summed E-state index contributed by atoms with van der Waals surface area (Å²) >= 11 is 21.2. The third-order valence-electron chi connectivity index (χ3n) is 6.60. The van der Waals surface area contributed by atoms with Gasteiger partial charge in [0.1, 0.15) is 0 Å². The van der Waals surface area contributed by atoms with Crippen molar-refractivity contribution >= 4 is 63.5 Å². The van der Waals surface area contributed by atoms with E-state index in [0.717, 1.165) is 62.0 Å². The van der Waals surface area contributed by atoms with Gasteiger partial charge in [0.2, 0.25) is 0 Å². The molecule has 0 amide bonds. The second kappa shape index (κ2) is 9.77. The molecule has 3 aromatic rings. The number of nitrogens with zero attached hydrogens (tertiary/aromatic N) is 3. The van der Waals surface area contributed by atoms with E-state index in [1.54, 1.807) is 11.8 Å². The van der Waals surface area contributed by atoms with E-state index >= 15 is 0 Å². The van der Waals surface area contributed by atoms with Crippen molar-refractivity contribution < 1.29 is 0 Å². The molecule has 0 saturated carbocycles. The first-order chi connectivity index (χ1) is 17.5. The van der Waals surface area contributed by atoms with Crippen LogP contribution in [0.15, 0.2) is 100 Å². The molecule has 3 nitrogen and oxygen atoms in total. The van der Waals surface area contributed by atoms with Crippen molar-refractivity contribution in [1.29, 1.82) is 0 Å². The van der Waals surface area contributed by atoms with Crippen LogP contribution in [0.3, 0.4) is 0 Å². The van der Waals surface area contributed by atoms with Gasteiger partial charge in [-0.3, -0.25) is 4.90 Å². The van der Waals surface area contributed by atoms with Gasteiger partial charge in [0.15, 0.2) is 5.17 Å².